The van der Waals surface area contributed by atoms with E-state index < -0.39 is 17.5 Å². The van der Waals surface area contributed by atoms with Gasteiger partial charge in [0.15, 0.2) is 0 Å². The summed E-state index contributed by atoms with van der Waals surface area (Å²) in [5, 5.41) is 0.560. The molecule has 0 saturated carbocycles. The van der Waals surface area contributed by atoms with Crippen LogP contribution in [0.15, 0.2) is 24.3 Å². The minimum Gasteiger partial charge on any atom is -0.461 e. The summed E-state index contributed by atoms with van der Waals surface area (Å²) in [4.78, 5) is 24.4. The van der Waals surface area contributed by atoms with Gasteiger partial charge in [-0.3, -0.25) is 0 Å². The van der Waals surface area contributed by atoms with Crippen LogP contribution in [-0.4, -0.2) is 31.9 Å². The summed E-state index contributed by atoms with van der Waals surface area (Å²) in [5.74, 6) is 0.209. The Balaban J connectivity index is 2.82. The number of unbranched alkanes of at least 4 members (excludes halogenated alkanes) is 1. The van der Waals surface area contributed by atoms with Crippen molar-refractivity contribution in [2.24, 2.45) is 17.3 Å². The molecular formula is C23H35ClO5. The van der Waals surface area contributed by atoms with Crippen molar-refractivity contribution in [3.63, 3.8) is 0 Å². The molecule has 1 rings (SSSR count). The van der Waals surface area contributed by atoms with E-state index in [-0.39, 0.29) is 19.1 Å². The molecule has 6 heteroatoms. The molecule has 1 atom stereocenters. The zero-order valence-corrected chi connectivity index (χ0v) is 19.1. The van der Waals surface area contributed by atoms with Gasteiger partial charge in [-0.25, -0.2) is 9.59 Å². The molecule has 0 aliphatic heterocycles. The quantitative estimate of drug-likeness (QED) is 0.281. The van der Waals surface area contributed by atoms with E-state index in [0.29, 0.717) is 23.1 Å². The molecule has 29 heavy (non-hydrogen) atoms. The van der Waals surface area contributed by atoms with Crippen LogP contribution < -0.4 is 0 Å². The Labute approximate surface area is 180 Å². The minimum atomic E-state index is -0.669. The van der Waals surface area contributed by atoms with E-state index in [1.807, 2.05) is 6.92 Å². The van der Waals surface area contributed by atoms with Crippen molar-refractivity contribution in [3.8, 4) is 0 Å². The maximum Gasteiger partial charge on any atom is 0.508 e. The highest BCUT2D eigenvalue weighted by Crippen LogP contribution is 2.36. The second-order valence-electron chi connectivity index (χ2n) is 8.27. The zero-order valence-electron chi connectivity index (χ0n) is 18.3. The second-order valence-corrected chi connectivity index (χ2v) is 8.71. The fraction of sp³-hybridized carbons (Fsp3) is 0.652. The Morgan fingerprint density at radius 2 is 1.62 bits per heavy atom. The lowest BCUT2D eigenvalue weighted by Crippen LogP contribution is -2.39. The van der Waals surface area contributed by atoms with Gasteiger partial charge in [-0.15, -0.1) is 0 Å². The molecule has 0 saturated heterocycles. The lowest BCUT2D eigenvalue weighted by Gasteiger charge is -2.37. The van der Waals surface area contributed by atoms with Gasteiger partial charge in [0, 0.05) is 10.4 Å². The molecular weight excluding hydrogens is 392 g/mol. The van der Waals surface area contributed by atoms with Crippen molar-refractivity contribution in [2.45, 2.75) is 60.3 Å². The van der Waals surface area contributed by atoms with Gasteiger partial charge >= 0.3 is 12.1 Å². The van der Waals surface area contributed by atoms with Crippen LogP contribution in [0, 0.1) is 17.3 Å². The van der Waals surface area contributed by atoms with E-state index in [0.717, 1.165) is 25.7 Å². The number of hydrogen-bond donors (Lipinski definition) is 0. The van der Waals surface area contributed by atoms with Crippen LogP contribution in [0.2, 0.25) is 5.02 Å². The molecule has 1 unspecified atom stereocenters. The van der Waals surface area contributed by atoms with E-state index in [9.17, 15) is 9.59 Å². The van der Waals surface area contributed by atoms with Crippen molar-refractivity contribution < 1.29 is 23.8 Å². The summed E-state index contributed by atoms with van der Waals surface area (Å²) in [6, 6.07) is 6.58. The highest BCUT2D eigenvalue weighted by molar-refractivity contribution is 6.30. The lowest BCUT2D eigenvalue weighted by molar-refractivity contribution is -0.0382. The van der Waals surface area contributed by atoms with Gasteiger partial charge in [0.2, 0.25) is 0 Å². The fourth-order valence-corrected chi connectivity index (χ4v) is 2.93. The van der Waals surface area contributed by atoms with Crippen LogP contribution in [0.5, 0.6) is 0 Å². The van der Waals surface area contributed by atoms with Crippen LogP contribution in [-0.2, 0) is 14.2 Å². The predicted molar refractivity (Wildman–Crippen MR) is 115 cm³/mol. The Bertz CT molecular complexity index is 627. The number of carbonyl (C=O) groups excluding carboxylic acids is 2. The van der Waals surface area contributed by atoms with Gasteiger partial charge in [0.25, 0.3) is 0 Å². The number of halogens is 1. The van der Waals surface area contributed by atoms with Crippen LogP contribution >= 0.6 is 11.6 Å². The minimum absolute atomic E-state index is 0.141. The first-order valence-corrected chi connectivity index (χ1v) is 10.8. The first-order valence-electron chi connectivity index (χ1n) is 10.4. The Morgan fingerprint density at radius 3 is 2.17 bits per heavy atom. The average Bonchev–Trinajstić information content (AvgIpc) is 2.67. The summed E-state index contributed by atoms with van der Waals surface area (Å²) in [5.41, 5.74) is -0.0355. The van der Waals surface area contributed by atoms with Crippen LogP contribution in [0.4, 0.5) is 4.79 Å². The first kappa shape index (κ1) is 25.3. The van der Waals surface area contributed by atoms with E-state index in [2.05, 4.69) is 27.7 Å². The van der Waals surface area contributed by atoms with Gasteiger partial charge in [0.1, 0.15) is 13.2 Å². The summed E-state index contributed by atoms with van der Waals surface area (Å²) in [6.45, 7) is 11.1. The van der Waals surface area contributed by atoms with Crippen molar-refractivity contribution >= 4 is 23.7 Å². The standard InChI is InChI=1S/C23H35ClO5/c1-6-7-14-27-22(26)29-16-23(18(4)5,13-12-17(2)3)15-28-21(25)19-8-10-20(24)11-9-19/h8-11,17-18H,6-7,12-16H2,1-5H3. The molecule has 5 nitrogen and oxygen atoms in total. The molecule has 0 aromatic heterocycles. The number of esters is 1. The van der Waals surface area contributed by atoms with E-state index in [1.165, 1.54) is 0 Å². The normalized spacial score (nSPS) is 13.2. The SMILES string of the molecule is CCCCOC(=O)OCC(CCC(C)C)(COC(=O)c1ccc(Cl)cc1)C(C)C. The van der Waals surface area contributed by atoms with Gasteiger partial charge in [-0.2, -0.15) is 0 Å². The number of ether oxygens (including phenoxy) is 3. The van der Waals surface area contributed by atoms with Gasteiger partial charge in [0.05, 0.1) is 12.2 Å². The molecule has 0 amide bonds. The maximum absolute atomic E-state index is 12.5. The maximum atomic E-state index is 12.5. The number of rotatable bonds is 12. The molecule has 164 valence electrons. The number of carbonyl (C=O) groups is 2. The molecule has 0 aliphatic rings. The summed E-state index contributed by atoms with van der Waals surface area (Å²) in [6.07, 6.45) is 2.79. The molecule has 1 aromatic rings. The fourth-order valence-electron chi connectivity index (χ4n) is 2.81. The second kappa shape index (κ2) is 12.7. The average molecular weight is 427 g/mol. The Kier molecular flexibility index (Phi) is 11.1. The van der Waals surface area contributed by atoms with E-state index in [1.54, 1.807) is 24.3 Å². The summed E-state index contributed by atoms with van der Waals surface area (Å²) >= 11 is 5.88. The van der Waals surface area contributed by atoms with Crippen LogP contribution in [0.3, 0.4) is 0 Å². The molecule has 0 radical (unpaired) electrons. The first-order chi connectivity index (χ1) is 13.7. The van der Waals surface area contributed by atoms with Crippen molar-refractivity contribution in [1.82, 2.24) is 0 Å². The van der Waals surface area contributed by atoms with Gasteiger partial charge < -0.3 is 14.2 Å². The van der Waals surface area contributed by atoms with Crippen LogP contribution in [0.1, 0.15) is 70.7 Å². The summed E-state index contributed by atoms with van der Waals surface area (Å²) < 4.78 is 16.2. The van der Waals surface area contributed by atoms with Gasteiger partial charge in [-0.1, -0.05) is 59.1 Å². The van der Waals surface area contributed by atoms with Crippen molar-refractivity contribution in [1.29, 1.82) is 0 Å². The lowest BCUT2D eigenvalue weighted by atomic mass is 9.74. The topological polar surface area (TPSA) is 61.8 Å². The Hall–Kier alpha value is -1.75. The van der Waals surface area contributed by atoms with E-state index in [4.69, 9.17) is 25.8 Å². The van der Waals surface area contributed by atoms with Crippen molar-refractivity contribution in [3.05, 3.63) is 34.9 Å². The third-order valence-corrected chi connectivity index (χ3v) is 5.46. The Morgan fingerprint density at radius 1 is 1.00 bits per heavy atom. The van der Waals surface area contributed by atoms with E-state index >= 15 is 0 Å². The molecule has 0 bridgehead atoms. The number of benzene rings is 1. The molecule has 0 spiro atoms. The van der Waals surface area contributed by atoms with Crippen molar-refractivity contribution in [2.75, 3.05) is 19.8 Å². The molecule has 0 heterocycles. The molecule has 0 aliphatic carbocycles. The molecule has 0 N–H and O–H groups in total. The zero-order chi connectivity index (χ0) is 21.9. The highest BCUT2D eigenvalue weighted by atomic mass is 35.5. The molecule has 1 aromatic carbocycles. The summed E-state index contributed by atoms with van der Waals surface area (Å²) in [7, 11) is 0. The molecule has 0 fully saturated rings. The highest BCUT2D eigenvalue weighted by Gasteiger charge is 2.37. The van der Waals surface area contributed by atoms with Crippen LogP contribution in [0.25, 0.3) is 0 Å². The third kappa shape index (κ3) is 9.07. The third-order valence-electron chi connectivity index (χ3n) is 5.21. The smallest absolute Gasteiger partial charge is 0.461 e. The predicted octanol–water partition coefficient (Wildman–Crippen LogP) is 6.53. The largest absolute Gasteiger partial charge is 0.508 e. The monoisotopic (exact) mass is 426 g/mol. The van der Waals surface area contributed by atoms with Gasteiger partial charge in [-0.05, 0) is 48.9 Å². The number of hydrogen-bond acceptors (Lipinski definition) is 5.